The van der Waals surface area contributed by atoms with E-state index in [9.17, 15) is 0 Å². The molecule has 2 heteroatoms. The topological polar surface area (TPSA) is 0 Å². The molecule has 0 aromatic heterocycles. The molecule has 0 nitrogen and oxygen atoms in total. The van der Waals surface area contributed by atoms with Gasteiger partial charge in [0.2, 0.25) is 0 Å². The van der Waals surface area contributed by atoms with Crippen LogP contribution in [0.3, 0.4) is 0 Å². The van der Waals surface area contributed by atoms with Crippen LogP contribution in [-0.2, 0) is 16.5 Å². The maximum atomic E-state index is 3.42. The monoisotopic (exact) mass is 274 g/mol. The summed E-state index contributed by atoms with van der Waals surface area (Å²) in [6.07, 6.45) is 18.9. The minimum atomic E-state index is -1.03. The van der Waals surface area contributed by atoms with Gasteiger partial charge in [0.25, 0.3) is 0 Å². The molecule has 16 heavy (non-hydrogen) atoms. The summed E-state index contributed by atoms with van der Waals surface area (Å²) in [4.78, 5) is 0. The number of allylic oxidation sites excluding steroid dienone is 8. The summed E-state index contributed by atoms with van der Waals surface area (Å²) in [7, 11) is -1.03. The van der Waals surface area contributed by atoms with Crippen molar-refractivity contribution in [3.63, 3.8) is 0 Å². The van der Waals surface area contributed by atoms with Gasteiger partial charge in [0.05, 0.1) is 0 Å². The number of rotatable bonds is 2. The maximum Gasteiger partial charge on any atom is 2.00 e. The first-order valence-corrected chi connectivity index (χ1v) is 8.87. The van der Waals surface area contributed by atoms with Crippen LogP contribution in [-0.4, -0.2) is 8.07 Å². The summed E-state index contributed by atoms with van der Waals surface area (Å²) in [5.74, 6) is 0. The average molecular weight is 275 g/mol. The summed E-state index contributed by atoms with van der Waals surface area (Å²) in [5, 5.41) is 1.52. The van der Waals surface area contributed by atoms with Crippen LogP contribution in [0.2, 0.25) is 19.1 Å². The third-order valence-corrected chi connectivity index (χ3v) is 6.46. The van der Waals surface area contributed by atoms with Crippen LogP contribution in [0.1, 0.15) is 19.8 Å². The van der Waals surface area contributed by atoms with Gasteiger partial charge in [-0.3, -0.25) is 12.2 Å². The predicted octanol–water partition coefficient (Wildman–Crippen LogP) is 4.25. The van der Waals surface area contributed by atoms with E-state index < -0.39 is 8.07 Å². The standard InChI is InChI=1S/C9H15Si.C5H5.Ni/c1-4-10(2,3)9-7-5-6-8-9;1-2-4-5-3-1;/h5,7H,4,6H2,1-3H3;1-3H,4H2;/q2*-1;+2. The fourth-order valence-corrected chi connectivity index (χ4v) is 2.93. The Kier molecular flexibility index (Phi) is 7.70. The quantitative estimate of drug-likeness (QED) is 0.522. The van der Waals surface area contributed by atoms with Gasteiger partial charge in [0.15, 0.2) is 0 Å². The molecule has 0 unspecified atom stereocenters. The molecule has 2 rings (SSSR count). The van der Waals surface area contributed by atoms with Crippen LogP contribution in [0.15, 0.2) is 35.6 Å². The summed E-state index contributed by atoms with van der Waals surface area (Å²) < 4.78 is 0. The molecule has 0 saturated carbocycles. The van der Waals surface area contributed by atoms with Gasteiger partial charge in [-0.2, -0.15) is 12.2 Å². The van der Waals surface area contributed by atoms with Gasteiger partial charge in [0.1, 0.15) is 0 Å². The molecule has 0 aliphatic heterocycles. The number of hydrogen-bond acceptors (Lipinski definition) is 0. The van der Waals surface area contributed by atoms with Crippen molar-refractivity contribution in [1.82, 2.24) is 0 Å². The van der Waals surface area contributed by atoms with Crippen LogP contribution in [0.5, 0.6) is 0 Å². The fourth-order valence-electron chi connectivity index (χ4n) is 1.40. The molecular weight excluding hydrogens is 255 g/mol. The van der Waals surface area contributed by atoms with E-state index in [2.05, 4.69) is 50.4 Å². The predicted molar refractivity (Wildman–Crippen MR) is 70.0 cm³/mol. The molecule has 0 amide bonds. The maximum absolute atomic E-state index is 3.42. The Morgan fingerprint density at radius 3 is 2.31 bits per heavy atom. The van der Waals surface area contributed by atoms with Gasteiger partial charge in [-0.15, -0.1) is 12.8 Å². The van der Waals surface area contributed by atoms with Gasteiger partial charge in [-0.1, -0.05) is 26.1 Å². The van der Waals surface area contributed by atoms with E-state index in [4.69, 9.17) is 0 Å². The molecule has 2 aliphatic carbocycles. The zero-order valence-electron chi connectivity index (χ0n) is 10.3. The first-order chi connectivity index (χ1) is 7.17. The van der Waals surface area contributed by atoms with Gasteiger partial charge in [-0.25, -0.2) is 23.4 Å². The van der Waals surface area contributed by atoms with Crippen molar-refractivity contribution < 1.29 is 16.5 Å². The van der Waals surface area contributed by atoms with E-state index in [1.54, 1.807) is 0 Å². The second-order valence-electron chi connectivity index (χ2n) is 4.44. The Balaban J connectivity index is 0.000000318. The largest absolute Gasteiger partial charge is 2.00 e. The van der Waals surface area contributed by atoms with E-state index in [1.165, 1.54) is 11.2 Å². The van der Waals surface area contributed by atoms with E-state index in [-0.39, 0.29) is 16.5 Å². The molecular formula is C14H20NiSi. The van der Waals surface area contributed by atoms with E-state index in [1.807, 2.05) is 12.2 Å². The Labute approximate surface area is 111 Å². The van der Waals surface area contributed by atoms with Crippen molar-refractivity contribution in [2.75, 3.05) is 0 Å². The average Bonchev–Trinajstić information content (AvgIpc) is 2.93. The second kappa shape index (κ2) is 7.86. The van der Waals surface area contributed by atoms with Crippen molar-refractivity contribution in [2.45, 2.75) is 38.9 Å². The molecule has 2 aliphatic rings. The normalized spacial score (nSPS) is 16.6. The molecule has 0 bridgehead atoms. The summed E-state index contributed by atoms with van der Waals surface area (Å²) >= 11 is 0. The van der Waals surface area contributed by atoms with Gasteiger partial charge < -0.3 is 0 Å². The molecule has 0 atom stereocenters. The molecule has 0 saturated heterocycles. The zero-order chi connectivity index (χ0) is 11.1. The summed E-state index contributed by atoms with van der Waals surface area (Å²) in [6.45, 7) is 7.10. The van der Waals surface area contributed by atoms with Crippen molar-refractivity contribution in [3.05, 3.63) is 47.7 Å². The van der Waals surface area contributed by atoms with Crippen molar-refractivity contribution in [2.24, 2.45) is 0 Å². The number of hydrogen-bond donors (Lipinski definition) is 0. The van der Waals surface area contributed by atoms with Gasteiger partial charge >= 0.3 is 16.5 Å². The van der Waals surface area contributed by atoms with E-state index in [0.29, 0.717) is 0 Å². The summed E-state index contributed by atoms with van der Waals surface area (Å²) in [5.41, 5.74) is 0. The minimum absolute atomic E-state index is 0. The Hall–Kier alpha value is -0.330. The molecule has 0 spiro atoms. The van der Waals surface area contributed by atoms with Crippen LogP contribution in [0.25, 0.3) is 0 Å². The Morgan fingerprint density at radius 2 is 2.00 bits per heavy atom. The minimum Gasteiger partial charge on any atom is -0.274 e. The first kappa shape index (κ1) is 15.7. The fraction of sp³-hybridized carbons (Fsp3) is 0.429. The molecule has 0 N–H and O–H groups in total. The third-order valence-electron chi connectivity index (χ3n) is 2.89. The van der Waals surface area contributed by atoms with Crippen LogP contribution in [0, 0.1) is 12.2 Å². The third kappa shape index (κ3) is 5.14. The molecule has 0 aromatic rings. The molecule has 0 fully saturated rings. The Bertz CT molecular complexity index is 299. The van der Waals surface area contributed by atoms with E-state index >= 15 is 0 Å². The van der Waals surface area contributed by atoms with E-state index in [0.717, 1.165) is 12.8 Å². The Morgan fingerprint density at radius 1 is 1.25 bits per heavy atom. The summed E-state index contributed by atoms with van der Waals surface area (Å²) in [6, 6.07) is 1.33. The van der Waals surface area contributed by atoms with Crippen LogP contribution >= 0.6 is 0 Å². The van der Waals surface area contributed by atoms with Crippen LogP contribution in [0.4, 0.5) is 0 Å². The molecule has 90 valence electrons. The van der Waals surface area contributed by atoms with Crippen molar-refractivity contribution in [3.8, 4) is 0 Å². The van der Waals surface area contributed by atoms with Crippen molar-refractivity contribution >= 4 is 8.07 Å². The van der Waals surface area contributed by atoms with Crippen LogP contribution < -0.4 is 0 Å². The smallest absolute Gasteiger partial charge is 0.274 e. The zero-order valence-corrected chi connectivity index (χ0v) is 12.3. The molecule has 0 aromatic carbocycles. The molecule has 0 radical (unpaired) electrons. The second-order valence-corrected chi connectivity index (χ2v) is 9.45. The van der Waals surface area contributed by atoms with Gasteiger partial charge in [0, 0.05) is 8.07 Å². The molecule has 0 heterocycles. The first-order valence-electron chi connectivity index (χ1n) is 5.66. The SMILES string of the molecule is CC[Si](C)(C)C1=[C-]CC=C1.[C-]1=CC=CC1.[Ni+2]. The van der Waals surface area contributed by atoms with Crippen molar-refractivity contribution in [1.29, 1.82) is 0 Å². The van der Waals surface area contributed by atoms with Gasteiger partial charge in [-0.05, 0) is 0 Å².